The van der Waals surface area contributed by atoms with Crippen LogP contribution in [0, 0.1) is 5.92 Å². The molecular weight excluding hydrogens is 266 g/mol. The number of aromatic hydroxyl groups is 1. The molecule has 1 amide bonds. The molecule has 0 fully saturated rings. The summed E-state index contributed by atoms with van der Waals surface area (Å²) in [4.78, 5) is 22.8. The third-order valence-electron chi connectivity index (χ3n) is 2.71. The predicted molar refractivity (Wildman–Crippen MR) is 74.4 cm³/mol. The van der Waals surface area contributed by atoms with Crippen LogP contribution in [0.1, 0.15) is 12.5 Å². The van der Waals surface area contributed by atoms with E-state index in [1.54, 1.807) is 19.1 Å². The lowest BCUT2D eigenvalue weighted by molar-refractivity contribution is -0.142. The van der Waals surface area contributed by atoms with E-state index in [-0.39, 0.29) is 24.0 Å². The molecule has 1 aromatic rings. The maximum absolute atomic E-state index is 11.7. The van der Waals surface area contributed by atoms with Gasteiger partial charge in [0.25, 0.3) is 0 Å². The Morgan fingerprint density at radius 1 is 1.32 bits per heavy atom. The number of aliphatic carboxylic acids is 1. The molecule has 0 aliphatic rings. The number of hydrogen-bond donors (Lipinski definition) is 4. The second kappa shape index (κ2) is 7.04. The molecule has 1 rings (SSSR count). The Kier molecular flexibility index (Phi) is 5.69. The number of rotatable bonds is 6. The molecule has 0 bridgehead atoms. The Balaban J connectivity index is 2.71. The number of phenolic OH excluding ortho intramolecular Hbond substituents is 1. The summed E-state index contributed by atoms with van der Waals surface area (Å²) >= 11 is 4.00. The Hall–Kier alpha value is -1.69. The molecule has 0 aromatic heterocycles. The standard InChI is InChI=1S/C13H17NO4S/c1-8(7-19)12(16)14-11(13(17)18)6-9-2-4-10(15)5-3-9/h2-5,8,11,15,19H,6-7H2,1H3,(H,14,16)(H,17,18)/t8-,11+/m1/s1. The number of benzene rings is 1. The van der Waals surface area contributed by atoms with Gasteiger partial charge in [-0.1, -0.05) is 19.1 Å². The van der Waals surface area contributed by atoms with Gasteiger partial charge >= 0.3 is 5.97 Å². The van der Waals surface area contributed by atoms with Gasteiger partial charge in [-0.05, 0) is 17.7 Å². The maximum atomic E-state index is 11.7. The van der Waals surface area contributed by atoms with E-state index in [2.05, 4.69) is 17.9 Å². The van der Waals surface area contributed by atoms with E-state index in [1.165, 1.54) is 12.1 Å². The molecule has 0 spiro atoms. The molecule has 0 unspecified atom stereocenters. The molecule has 1 aromatic carbocycles. The zero-order chi connectivity index (χ0) is 14.4. The van der Waals surface area contributed by atoms with E-state index in [0.717, 1.165) is 5.56 Å². The number of nitrogens with one attached hydrogen (secondary N) is 1. The van der Waals surface area contributed by atoms with Crippen LogP contribution in [-0.4, -0.2) is 33.9 Å². The number of amides is 1. The highest BCUT2D eigenvalue weighted by Crippen LogP contribution is 2.11. The van der Waals surface area contributed by atoms with Crippen LogP contribution < -0.4 is 5.32 Å². The Morgan fingerprint density at radius 3 is 2.37 bits per heavy atom. The summed E-state index contributed by atoms with van der Waals surface area (Å²) in [6, 6.07) is 5.22. The van der Waals surface area contributed by atoms with Crippen molar-refractivity contribution >= 4 is 24.5 Å². The van der Waals surface area contributed by atoms with Gasteiger partial charge in [0, 0.05) is 18.1 Å². The molecular formula is C13H17NO4S. The van der Waals surface area contributed by atoms with Crippen molar-refractivity contribution < 1.29 is 19.8 Å². The maximum Gasteiger partial charge on any atom is 0.326 e. The first-order valence-corrected chi connectivity index (χ1v) is 6.49. The van der Waals surface area contributed by atoms with Crippen molar-refractivity contribution in [1.29, 1.82) is 0 Å². The monoisotopic (exact) mass is 283 g/mol. The Bertz CT molecular complexity index is 446. The third kappa shape index (κ3) is 4.82. The van der Waals surface area contributed by atoms with Crippen LogP contribution >= 0.6 is 12.6 Å². The minimum Gasteiger partial charge on any atom is -0.508 e. The molecule has 2 atom stereocenters. The van der Waals surface area contributed by atoms with Crippen LogP contribution in [0.3, 0.4) is 0 Å². The molecule has 0 aliphatic heterocycles. The van der Waals surface area contributed by atoms with Crippen LogP contribution in [0.5, 0.6) is 5.75 Å². The molecule has 104 valence electrons. The van der Waals surface area contributed by atoms with Crippen molar-refractivity contribution in [3.05, 3.63) is 29.8 Å². The summed E-state index contributed by atoms with van der Waals surface area (Å²) in [5, 5.41) is 20.7. The highest BCUT2D eigenvalue weighted by atomic mass is 32.1. The van der Waals surface area contributed by atoms with E-state index < -0.39 is 12.0 Å². The molecule has 19 heavy (non-hydrogen) atoms. The Labute approximate surface area is 117 Å². The molecule has 0 saturated carbocycles. The summed E-state index contributed by atoms with van der Waals surface area (Å²) in [6.45, 7) is 1.68. The van der Waals surface area contributed by atoms with E-state index in [9.17, 15) is 9.59 Å². The van der Waals surface area contributed by atoms with Crippen molar-refractivity contribution in [2.24, 2.45) is 5.92 Å². The number of carbonyl (C=O) groups is 2. The summed E-state index contributed by atoms with van der Waals surface area (Å²) < 4.78 is 0. The first kappa shape index (κ1) is 15.4. The summed E-state index contributed by atoms with van der Waals surface area (Å²) in [5.74, 6) is -1.29. The zero-order valence-electron chi connectivity index (χ0n) is 10.5. The van der Waals surface area contributed by atoms with Crippen molar-refractivity contribution in [2.75, 3.05) is 5.75 Å². The Morgan fingerprint density at radius 2 is 1.89 bits per heavy atom. The highest BCUT2D eigenvalue weighted by molar-refractivity contribution is 7.80. The van der Waals surface area contributed by atoms with E-state index in [1.807, 2.05) is 0 Å². The van der Waals surface area contributed by atoms with Crippen molar-refractivity contribution in [2.45, 2.75) is 19.4 Å². The van der Waals surface area contributed by atoms with Gasteiger partial charge in [-0.3, -0.25) is 4.79 Å². The smallest absolute Gasteiger partial charge is 0.326 e. The number of carboxylic acids is 1. The molecule has 0 heterocycles. The average molecular weight is 283 g/mol. The number of thiol groups is 1. The van der Waals surface area contributed by atoms with Crippen molar-refractivity contribution in [1.82, 2.24) is 5.32 Å². The average Bonchev–Trinajstić information content (AvgIpc) is 2.39. The van der Waals surface area contributed by atoms with E-state index >= 15 is 0 Å². The number of carboxylic acid groups (broad SMARTS) is 1. The lowest BCUT2D eigenvalue weighted by atomic mass is 10.0. The molecule has 0 radical (unpaired) electrons. The highest BCUT2D eigenvalue weighted by Gasteiger charge is 2.22. The third-order valence-corrected chi connectivity index (χ3v) is 3.26. The largest absolute Gasteiger partial charge is 0.508 e. The van der Waals surface area contributed by atoms with Gasteiger partial charge in [-0.2, -0.15) is 12.6 Å². The summed E-state index contributed by atoms with van der Waals surface area (Å²) in [5.41, 5.74) is 0.726. The van der Waals surface area contributed by atoms with E-state index in [4.69, 9.17) is 10.2 Å². The van der Waals surface area contributed by atoms with Crippen molar-refractivity contribution in [3.8, 4) is 5.75 Å². The minimum atomic E-state index is -1.09. The van der Waals surface area contributed by atoms with Gasteiger partial charge in [0.05, 0.1) is 0 Å². The normalized spacial score (nSPS) is 13.6. The minimum absolute atomic E-state index is 0.114. The second-order valence-electron chi connectivity index (χ2n) is 4.35. The topological polar surface area (TPSA) is 86.6 Å². The van der Waals surface area contributed by atoms with Gasteiger partial charge in [-0.25, -0.2) is 4.79 Å². The van der Waals surface area contributed by atoms with E-state index in [0.29, 0.717) is 5.75 Å². The fourth-order valence-electron chi connectivity index (χ4n) is 1.46. The molecule has 3 N–H and O–H groups in total. The first-order valence-electron chi connectivity index (χ1n) is 5.86. The molecule has 0 aliphatic carbocycles. The lowest BCUT2D eigenvalue weighted by Gasteiger charge is -2.17. The van der Waals surface area contributed by atoms with Crippen LogP contribution in [-0.2, 0) is 16.0 Å². The zero-order valence-corrected chi connectivity index (χ0v) is 11.4. The molecule has 0 saturated heterocycles. The van der Waals surface area contributed by atoms with Crippen LogP contribution in [0.25, 0.3) is 0 Å². The van der Waals surface area contributed by atoms with Crippen LogP contribution in [0.2, 0.25) is 0 Å². The molecule has 5 nitrogen and oxygen atoms in total. The van der Waals surface area contributed by atoms with Gasteiger partial charge < -0.3 is 15.5 Å². The number of phenols is 1. The van der Waals surface area contributed by atoms with Crippen LogP contribution in [0.4, 0.5) is 0 Å². The van der Waals surface area contributed by atoms with Crippen LogP contribution in [0.15, 0.2) is 24.3 Å². The summed E-state index contributed by atoms with van der Waals surface area (Å²) in [6.07, 6.45) is 0.167. The summed E-state index contributed by atoms with van der Waals surface area (Å²) in [7, 11) is 0. The van der Waals surface area contributed by atoms with Gasteiger partial charge in [0.2, 0.25) is 5.91 Å². The number of hydrogen-bond acceptors (Lipinski definition) is 4. The first-order chi connectivity index (χ1) is 8.93. The second-order valence-corrected chi connectivity index (χ2v) is 4.72. The van der Waals surface area contributed by atoms with Gasteiger partial charge in [0.1, 0.15) is 11.8 Å². The van der Waals surface area contributed by atoms with Crippen molar-refractivity contribution in [3.63, 3.8) is 0 Å². The fraction of sp³-hybridized carbons (Fsp3) is 0.385. The molecule has 6 heteroatoms. The van der Waals surface area contributed by atoms with Gasteiger partial charge in [-0.15, -0.1) is 0 Å². The lowest BCUT2D eigenvalue weighted by Crippen LogP contribution is -2.44. The predicted octanol–water partition coefficient (Wildman–Crippen LogP) is 1.07. The SMILES string of the molecule is C[C@H](CS)C(=O)N[C@@H](Cc1ccc(O)cc1)C(=O)O. The fourth-order valence-corrected chi connectivity index (χ4v) is 1.63. The number of carbonyl (C=O) groups excluding carboxylic acids is 1. The quantitative estimate of drug-likeness (QED) is 0.588. The van der Waals surface area contributed by atoms with Gasteiger partial charge in [0.15, 0.2) is 0 Å².